The number of aromatic nitrogens is 3. The van der Waals surface area contributed by atoms with Crippen molar-refractivity contribution in [3.63, 3.8) is 0 Å². The SMILES string of the molecule is [NH]c1nnnc(Nc2ccccc2S(=O)(=O)O)c1F. The Balaban J connectivity index is 2.48. The number of benzene rings is 1. The third-order valence-electron chi connectivity index (χ3n) is 2.12. The number of para-hydroxylation sites is 1. The van der Waals surface area contributed by atoms with E-state index in [2.05, 4.69) is 20.7 Å². The number of anilines is 2. The highest BCUT2D eigenvalue weighted by atomic mass is 32.2. The van der Waals surface area contributed by atoms with Crippen molar-refractivity contribution in [3.05, 3.63) is 30.1 Å². The van der Waals surface area contributed by atoms with Crippen molar-refractivity contribution >= 4 is 27.4 Å². The summed E-state index contributed by atoms with van der Waals surface area (Å²) in [6.45, 7) is 0. The number of nitrogens with one attached hydrogen (secondary N) is 2. The second kappa shape index (κ2) is 4.74. The Hall–Kier alpha value is -2.33. The van der Waals surface area contributed by atoms with E-state index >= 15 is 0 Å². The maximum absolute atomic E-state index is 13.5. The van der Waals surface area contributed by atoms with Gasteiger partial charge in [0.15, 0.2) is 5.82 Å². The molecular formula is C9H7FN5O3S. The van der Waals surface area contributed by atoms with Gasteiger partial charge in [0.25, 0.3) is 10.1 Å². The van der Waals surface area contributed by atoms with Gasteiger partial charge in [0.1, 0.15) is 4.90 Å². The molecular weight excluding hydrogens is 277 g/mol. The maximum atomic E-state index is 13.5. The summed E-state index contributed by atoms with van der Waals surface area (Å²) in [7, 11) is -4.47. The predicted molar refractivity (Wildman–Crippen MR) is 62.1 cm³/mol. The first-order valence-electron chi connectivity index (χ1n) is 4.83. The second-order valence-electron chi connectivity index (χ2n) is 3.40. The molecule has 99 valence electrons. The van der Waals surface area contributed by atoms with Crippen LogP contribution in [0.4, 0.5) is 21.7 Å². The Morgan fingerprint density at radius 1 is 1.26 bits per heavy atom. The second-order valence-corrected chi connectivity index (χ2v) is 4.79. The highest BCUT2D eigenvalue weighted by molar-refractivity contribution is 7.86. The van der Waals surface area contributed by atoms with Crippen molar-refractivity contribution in [1.29, 1.82) is 0 Å². The normalized spacial score (nSPS) is 11.3. The molecule has 0 spiro atoms. The lowest BCUT2D eigenvalue weighted by Gasteiger charge is -2.09. The molecule has 0 fully saturated rings. The summed E-state index contributed by atoms with van der Waals surface area (Å²) in [6, 6.07) is 5.30. The molecule has 0 unspecified atom stereocenters. The molecule has 0 saturated heterocycles. The Kier molecular flexibility index (Phi) is 3.27. The predicted octanol–water partition coefficient (Wildman–Crippen LogP) is 0.915. The summed E-state index contributed by atoms with van der Waals surface area (Å²) >= 11 is 0. The number of hydrogen-bond donors (Lipinski definition) is 2. The van der Waals surface area contributed by atoms with Crippen LogP contribution in [0.3, 0.4) is 0 Å². The fourth-order valence-corrected chi connectivity index (χ4v) is 1.96. The fourth-order valence-electron chi connectivity index (χ4n) is 1.31. The quantitative estimate of drug-likeness (QED) is 0.801. The smallest absolute Gasteiger partial charge is 0.296 e. The summed E-state index contributed by atoms with van der Waals surface area (Å²) in [5.41, 5.74) is 7.01. The standard InChI is InChI=1S/C9H7FN5O3S/c10-7-8(11)13-15-14-9(7)12-5-3-1-2-4-6(5)19(16,17)18/h1-4,11H,(H,12,13,14)(H,16,17,18). The van der Waals surface area contributed by atoms with E-state index in [1.807, 2.05) is 0 Å². The Morgan fingerprint density at radius 2 is 1.95 bits per heavy atom. The third-order valence-corrected chi connectivity index (χ3v) is 3.04. The summed E-state index contributed by atoms with van der Waals surface area (Å²) in [5, 5.41) is 11.9. The molecule has 0 saturated carbocycles. The van der Waals surface area contributed by atoms with Crippen molar-refractivity contribution in [2.75, 3.05) is 5.32 Å². The zero-order chi connectivity index (χ0) is 14.0. The molecule has 2 rings (SSSR count). The van der Waals surface area contributed by atoms with E-state index in [1.165, 1.54) is 18.2 Å². The molecule has 19 heavy (non-hydrogen) atoms. The van der Waals surface area contributed by atoms with Crippen LogP contribution in [0, 0.1) is 5.82 Å². The van der Waals surface area contributed by atoms with Crippen molar-refractivity contribution < 1.29 is 17.4 Å². The van der Waals surface area contributed by atoms with Crippen LogP contribution < -0.4 is 11.1 Å². The molecule has 8 nitrogen and oxygen atoms in total. The first-order valence-corrected chi connectivity index (χ1v) is 6.27. The van der Waals surface area contributed by atoms with Gasteiger partial charge in [-0.1, -0.05) is 12.1 Å². The maximum Gasteiger partial charge on any atom is 0.296 e. The number of rotatable bonds is 3. The van der Waals surface area contributed by atoms with Crippen LogP contribution in [0.1, 0.15) is 0 Å². The van der Waals surface area contributed by atoms with Crippen LogP contribution in [0.15, 0.2) is 29.2 Å². The van der Waals surface area contributed by atoms with Crippen LogP contribution in [0.2, 0.25) is 0 Å². The minimum Gasteiger partial charge on any atom is -0.335 e. The third kappa shape index (κ3) is 2.74. The van der Waals surface area contributed by atoms with Gasteiger partial charge in [0.2, 0.25) is 11.6 Å². The largest absolute Gasteiger partial charge is 0.335 e. The lowest BCUT2D eigenvalue weighted by atomic mass is 10.3. The Morgan fingerprint density at radius 3 is 2.63 bits per heavy atom. The summed E-state index contributed by atoms with van der Waals surface area (Å²) in [4.78, 5) is -0.445. The molecule has 0 aliphatic heterocycles. The average molecular weight is 284 g/mol. The first kappa shape index (κ1) is 13.1. The van der Waals surface area contributed by atoms with Crippen molar-refractivity contribution in [2.24, 2.45) is 0 Å². The van der Waals surface area contributed by atoms with E-state index in [4.69, 9.17) is 10.3 Å². The van der Waals surface area contributed by atoms with Gasteiger partial charge in [-0.3, -0.25) is 10.3 Å². The fraction of sp³-hybridized carbons (Fsp3) is 0. The zero-order valence-corrected chi connectivity index (χ0v) is 10.0. The highest BCUT2D eigenvalue weighted by Gasteiger charge is 2.17. The van der Waals surface area contributed by atoms with Crippen molar-refractivity contribution in [1.82, 2.24) is 21.1 Å². The molecule has 0 atom stereocenters. The van der Waals surface area contributed by atoms with E-state index in [1.54, 1.807) is 0 Å². The number of nitrogens with zero attached hydrogens (tertiary/aromatic N) is 3. The Bertz CT molecular complexity index is 722. The molecule has 3 N–H and O–H groups in total. The monoisotopic (exact) mass is 284 g/mol. The molecule has 1 heterocycles. The number of halogens is 1. The van der Waals surface area contributed by atoms with Gasteiger partial charge in [-0.2, -0.15) is 12.8 Å². The highest BCUT2D eigenvalue weighted by Crippen LogP contribution is 2.25. The van der Waals surface area contributed by atoms with Crippen LogP contribution in [-0.4, -0.2) is 28.4 Å². The van der Waals surface area contributed by atoms with E-state index in [0.29, 0.717) is 0 Å². The van der Waals surface area contributed by atoms with Gasteiger partial charge in [0.05, 0.1) is 5.69 Å². The molecule has 0 aliphatic carbocycles. The molecule has 10 heteroatoms. The molecule has 2 aromatic rings. The molecule has 0 aliphatic rings. The van der Waals surface area contributed by atoms with E-state index in [9.17, 15) is 12.8 Å². The van der Waals surface area contributed by atoms with Gasteiger partial charge in [-0.05, 0) is 17.3 Å². The minimum atomic E-state index is -4.47. The lowest BCUT2D eigenvalue weighted by molar-refractivity contribution is 0.483. The summed E-state index contributed by atoms with van der Waals surface area (Å²) < 4.78 is 44.8. The molecule has 1 aromatic heterocycles. The van der Waals surface area contributed by atoms with Gasteiger partial charge in [-0.25, -0.2) is 0 Å². The number of hydrogen-bond acceptors (Lipinski definition) is 6. The topological polar surface area (TPSA) is 129 Å². The van der Waals surface area contributed by atoms with Crippen LogP contribution in [0.25, 0.3) is 0 Å². The molecule has 1 aromatic carbocycles. The van der Waals surface area contributed by atoms with Crippen molar-refractivity contribution in [3.8, 4) is 0 Å². The van der Waals surface area contributed by atoms with E-state index in [-0.39, 0.29) is 5.69 Å². The van der Waals surface area contributed by atoms with Gasteiger partial charge >= 0.3 is 0 Å². The molecule has 0 amide bonds. The van der Waals surface area contributed by atoms with Crippen LogP contribution in [-0.2, 0) is 10.1 Å². The Labute approximate surface area is 107 Å². The van der Waals surface area contributed by atoms with Crippen LogP contribution >= 0.6 is 0 Å². The van der Waals surface area contributed by atoms with Gasteiger partial charge in [-0.15, -0.1) is 10.2 Å². The minimum absolute atomic E-state index is 0.0937. The summed E-state index contributed by atoms with van der Waals surface area (Å²) in [6.07, 6.45) is 0. The van der Waals surface area contributed by atoms with E-state index in [0.717, 1.165) is 6.07 Å². The van der Waals surface area contributed by atoms with E-state index < -0.39 is 32.5 Å². The van der Waals surface area contributed by atoms with Crippen LogP contribution in [0.5, 0.6) is 0 Å². The van der Waals surface area contributed by atoms with Gasteiger partial charge in [0, 0.05) is 0 Å². The lowest BCUT2D eigenvalue weighted by Crippen LogP contribution is -2.06. The molecule has 1 radical (unpaired) electrons. The van der Waals surface area contributed by atoms with Crippen molar-refractivity contribution in [2.45, 2.75) is 4.90 Å². The average Bonchev–Trinajstić information content (AvgIpc) is 2.34. The first-order chi connectivity index (χ1) is 8.89. The molecule has 0 bridgehead atoms. The van der Waals surface area contributed by atoms with Gasteiger partial charge < -0.3 is 5.32 Å². The zero-order valence-electron chi connectivity index (χ0n) is 9.20. The summed E-state index contributed by atoms with van der Waals surface area (Å²) in [5.74, 6) is -2.28.